The van der Waals surface area contributed by atoms with Crippen LogP contribution in [0.4, 0.5) is 4.39 Å². The molecular weight excluding hydrogens is 215 g/mol. The van der Waals surface area contributed by atoms with E-state index in [2.05, 4.69) is 13.2 Å². The van der Waals surface area contributed by atoms with Gasteiger partial charge in [0, 0.05) is 5.56 Å². The van der Waals surface area contributed by atoms with Crippen molar-refractivity contribution >= 4 is 17.4 Å². The van der Waals surface area contributed by atoms with E-state index in [9.17, 15) is 9.18 Å². The molecule has 82 valence electrons. The summed E-state index contributed by atoms with van der Waals surface area (Å²) in [6.07, 6.45) is 0.581. The van der Waals surface area contributed by atoms with Crippen molar-refractivity contribution in [2.45, 2.75) is 18.7 Å². The number of rotatable bonds is 3. The van der Waals surface area contributed by atoms with E-state index in [1.165, 1.54) is 24.3 Å². The van der Waals surface area contributed by atoms with Crippen LogP contribution in [0.1, 0.15) is 23.7 Å². The van der Waals surface area contributed by atoms with Crippen LogP contribution in [0.2, 0.25) is 0 Å². The van der Waals surface area contributed by atoms with Gasteiger partial charge in [-0.2, -0.15) is 0 Å². The Morgan fingerprint density at radius 1 is 1.40 bits per heavy atom. The van der Waals surface area contributed by atoms with Crippen LogP contribution in [0.15, 0.2) is 37.4 Å². The van der Waals surface area contributed by atoms with Gasteiger partial charge < -0.3 is 0 Å². The van der Waals surface area contributed by atoms with Gasteiger partial charge >= 0.3 is 0 Å². The lowest BCUT2D eigenvalue weighted by Gasteiger charge is -2.04. The highest BCUT2D eigenvalue weighted by molar-refractivity contribution is 6.33. The van der Waals surface area contributed by atoms with Gasteiger partial charge in [0.05, 0.1) is 5.38 Å². The molecule has 0 fully saturated rings. The maximum Gasteiger partial charge on any atom is 0.180 e. The standard InChI is InChI=1S/C10H10ClFO.C2H4/c1-2-9(11)10(13)7-3-5-8(12)6-4-7;1-2/h3-6,9H,2H2,1H3;1-2H2/t9-;/m1./s1. The van der Waals surface area contributed by atoms with Crippen LogP contribution in [-0.2, 0) is 0 Å². The molecule has 1 aromatic carbocycles. The van der Waals surface area contributed by atoms with E-state index in [-0.39, 0.29) is 11.6 Å². The molecule has 0 radical (unpaired) electrons. The molecule has 0 N–H and O–H groups in total. The summed E-state index contributed by atoms with van der Waals surface area (Å²) in [5.74, 6) is -0.497. The minimum absolute atomic E-state index is 0.149. The Balaban J connectivity index is 0.000000921. The Morgan fingerprint density at radius 2 is 1.87 bits per heavy atom. The molecule has 0 aromatic heterocycles. The second-order valence-electron chi connectivity index (χ2n) is 2.75. The number of Topliss-reactive ketones (excluding diaryl/α,β-unsaturated/α-hetero) is 1. The highest BCUT2D eigenvalue weighted by Gasteiger charge is 2.14. The molecule has 0 spiro atoms. The highest BCUT2D eigenvalue weighted by Crippen LogP contribution is 2.11. The van der Waals surface area contributed by atoms with E-state index in [1.54, 1.807) is 0 Å². The fraction of sp³-hybridized carbons (Fsp3) is 0.250. The molecule has 0 aliphatic rings. The summed E-state index contributed by atoms with van der Waals surface area (Å²) in [4.78, 5) is 11.4. The molecule has 1 nitrogen and oxygen atoms in total. The lowest BCUT2D eigenvalue weighted by Crippen LogP contribution is -2.13. The predicted molar refractivity (Wildman–Crippen MR) is 61.9 cm³/mol. The van der Waals surface area contributed by atoms with E-state index in [1.807, 2.05) is 6.92 Å². The average molecular weight is 229 g/mol. The summed E-state index contributed by atoms with van der Waals surface area (Å²) in [6.45, 7) is 7.83. The van der Waals surface area contributed by atoms with Crippen LogP contribution < -0.4 is 0 Å². The molecule has 0 unspecified atom stereocenters. The van der Waals surface area contributed by atoms with Crippen molar-refractivity contribution in [3.8, 4) is 0 Å². The number of hydrogen-bond acceptors (Lipinski definition) is 1. The van der Waals surface area contributed by atoms with Gasteiger partial charge in [0.1, 0.15) is 5.82 Å². The predicted octanol–water partition coefficient (Wildman–Crippen LogP) is 3.83. The number of ketones is 1. The SMILES string of the molecule is C=C.CC[C@@H](Cl)C(=O)c1ccc(F)cc1. The molecule has 0 aliphatic carbocycles. The molecule has 1 atom stereocenters. The summed E-state index contributed by atoms with van der Waals surface area (Å²) in [5.41, 5.74) is 0.461. The Bertz CT molecular complexity index is 308. The zero-order valence-electron chi connectivity index (χ0n) is 8.67. The van der Waals surface area contributed by atoms with Crippen molar-refractivity contribution in [3.05, 3.63) is 48.8 Å². The smallest absolute Gasteiger partial charge is 0.180 e. The van der Waals surface area contributed by atoms with Gasteiger partial charge in [0.2, 0.25) is 0 Å². The molecular formula is C12H14ClFO. The Kier molecular flexibility index (Phi) is 6.63. The third kappa shape index (κ3) is 4.26. The zero-order chi connectivity index (χ0) is 11.8. The molecule has 0 saturated heterocycles. The second kappa shape index (κ2) is 7.18. The number of halogens is 2. The number of alkyl halides is 1. The Morgan fingerprint density at radius 3 is 2.27 bits per heavy atom. The van der Waals surface area contributed by atoms with Gasteiger partial charge in [-0.15, -0.1) is 24.8 Å². The van der Waals surface area contributed by atoms with E-state index in [0.717, 1.165) is 0 Å². The third-order valence-corrected chi connectivity index (χ3v) is 2.28. The van der Waals surface area contributed by atoms with Gasteiger partial charge in [-0.3, -0.25) is 4.79 Å². The van der Waals surface area contributed by atoms with Crippen LogP contribution in [-0.4, -0.2) is 11.2 Å². The summed E-state index contributed by atoms with van der Waals surface area (Å²) < 4.78 is 12.5. The Hall–Kier alpha value is -1.15. The van der Waals surface area contributed by atoms with E-state index < -0.39 is 5.38 Å². The lowest BCUT2D eigenvalue weighted by atomic mass is 10.1. The summed E-state index contributed by atoms with van der Waals surface area (Å²) >= 11 is 5.75. The number of benzene rings is 1. The lowest BCUT2D eigenvalue weighted by molar-refractivity contribution is 0.0985. The van der Waals surface area contributed by atoms with Crippen molar-refractivity contribution < 1.29 is 9.18 Å². The number of carbonyl (C=O) groups excluding carboxylic acids is 1. The highest BCUT2D eigenvalue weighted by atomic mass is 35.5. The van der Waals surface area contributed by atoms with Crippen LogP contribution >= 0.6 is 11.6 Å². The van der Waals surface area contributed by atoms with E-state index in [0.29, 0.717) is 12.0 Å². The van der Waals surface area contributed by atoms with Crippen molar-refractivity contribution in [1.29, 1.82) is 0 Å². The first-order chi connectivity index (χ1) is 7.15. The maximum atomic E-state index is 12.5. The monoisotopic (exact) mass is 228 g/mol. The summed E-state index contributed by atoms with van der Waals surface area (Å²) in [6, 6.07) is 5.41. The summed E-state index contributed by atoms with van der Waals surface area (Å²) in [5, 5.41) is -0.509. The quantitative estimate of drug-likeness (QED) is 0.437. The van der Waals surface area contributed by atoms with Gasteiger partial charge in [-0.25, -0.2) is 4.39 Å². The van der Waals surface area contributed by atoms with Crippen molar-refractivity contribution in [2.24, 2.45) is 0 Å². The topological polar surface area (TPSA) is 17.1 Å². The van der Waals surface area contributed by atoms with Crippen molar-refractivity contribution in [2.75, 3.05) is 0 Å². The second-order valence-corrected chi connectivity index (χ2v) is 3.27. The molecule has 0 heterocycles. The number of hydrogen-bond donors (Lipinski definition) is 0. The largest absolute Gasteiger partial charge is 0.293 e. The minimum atomic E-state index is -0.509. The average Bonchev–Trinajstić information content (AvgIpc) is 2.31. The maximum absolute atomic E-state index is 12.5. The fourth-order valence-corrected chi connectivity index (χ4v) is 1.11. The zero-order valence-corrected chi connectivity index (χ0v) is 9.43. The molecule has 1 rings (SSSR count). The van der Waals surface area contributed by atoms with Crippen LogP contribution in [0.3, 0.4) is 0 Å². The normalized spacial score (nSPS) is 11.1. The first-order valence-electron chi connectivity index (χ1n) is 4.59. The molecule has 0 aliphatic heterocycles. The molecule has 1 aromatic rings. The Labute approximate surface area is 94.6 Å². The first-order valence-corrected chi connectivity index (χ1v) is 5.02. The van der Waals surface area contributed by atoms with Gasteiger partial charge in [0.15, 0.2) is 5.78 Å². The van der Waals surface area contributed by atoms with Crippen molar-refractivity contribution in [1.82, 2.24) is 0 Å². The van der Waals surface area contributed by atoms with Gasteiger partial charge in [-0.1, -0.05) is 6.92 Å². The molecule has 0 bridgehead atoms. The summed E-state index contributed by atoms with van der Waals surface area (Å²) in [7, 11) is 0. The molecule has 0 amide bonds. The fourth-order valence-electron chi connectivity index (χ4n) is 0.980. The van der Waals surface area contributed by atoms with Gasteiger partial charge in [0.25, 0.3) is 0 Å². The van der Waals surface area contributed by atoms with Crippen LogP contribution in [0, 0.1) is 5.82 Å². The molecule has 3 heteroatoms. The number of carbonyl (C=O) groups is 1. The third-order valence-electron chi connectivity index (χ3n) is 1.77. The van der Waals surface area contributed by atoms with E-state index in [4.69, 9.17) is 11.6 Å². The first kappa shape index (κ1) is 13.8. The van der Waals surface area contributed by atoms with Crippen LogP contribution in [0.25, 0.3) is 0 Å². The van der Waals surface area contributed by atoms with Gasteiger partial charge in [-0.05, 0) is 30.7 Å². The minimum Gasteiger partial charge on any atom is -0.293 e. The molecule has 15 heavy (non-hydrogen) atoms. The molecule has 0 saturated carbocycles. The van der Waals surface area contributed by atoms with Crippen molar-refractivity contribution in [3.63, 3.8) is 0 Å². The van der Waals surface area contributed by atoms with Crippen LogP contribution in [0.5, 0.6) is 0 Å². The van der Waals surface area contributed by atoms with E-state index >= 15 is 0 Å².